The Hall–Kier alpha value is -5.29. The Balaban J connectivity index is 1.03. The Morgan fingerprint density at radius 2 is 1.69 bits per heavy atom. The first-order valence-electron chi connectivity index (χ1n) is 17.7. The van der Waals surface area contributed by atoms with Crippen LogP contribution >= 0.6 is 0 Å². The molecule has 292 valence electrons. The van der Waals surface area contributed by atoms with Crippen LogP contribution in [0.1, 0.15) is 53.9 Å². The number of aromatic nitrogens is 2. The van der Waals surface area contributed by atoms with Crippen molar-refractivity contribution in [2.75, 3.05) is 53.3 Å². The molecule has 2 amide bonds. The number of benzene rings is 3. The molecule has 3 heterocycles. The highest BCUT2D eigenvalue weighted by molar-refractivity contribution is 7.92. The number of hydrogen-bond donors (Lipinski definition) is 3. The van der Waals surface area contributed by atoms with Crippen molar-refractivity contribution in [3.05, 3.63) is 101 Å². The van der Waals surface area contributed by atoms with Gasteiger partial charge in [0.05, 0.1) is 17.9 Å². The van der Waals surface area contributed by atoms with E-state index in [2.05, 4.69) is 35.7 Å². The second-order valence-corrected chi connectivity index (χ2v) is 15.9. The van der Waals surface area contributed by atoms with E-state index in [9.17, 15) is 31.2 Å². The van der Waals surface area contributed by atoms with Gasteiger partial charge in [0.1, 0.15) is 17.2 Å². The number of piperidine rings is 2. The van der Waals surface area contributed by atoms with Gasteiger partial charge in [-0.2, -0.15) is 18.2 Å². The second kappa shape index (κ2) is 16.2. The highest BCUT2D eigenvalue weighted by Gasteiger charge is 2.35. The number of nitrogens with one attached hydrogen (secondary N) is 3. The number of imide groups is 1. The number of nitrogens with zero attached hydrogens (tertiary/aromatic N) is 5. The molecule has 2 aliphatic rings. The Bertz CT molecular complexity index is 2150. The van der Waals surface area contributed by atoms with Crippen molar-refractivity contribution in [1.82, 2.24) is 20.2 Å². The number of anilines is 5. The summed E-state index contributed by atoms with van der Waals surface area (Å²) in [5.41, 5.74) is 2.54. The minimum atomic E-state index is -4.72. The van der Waals surface area contributed by atoms with Crippen molar-refractivity contribution >= 4 is 50.7 Å². The minimum absolute atomic E-state index is 0.0387. The molecule has 2 saturated heterocycles. The van der Waals surface area contributed by atoms with Crippen molar-refractivity contribution < 1.29 is 35.6 Å². The van der Waals surface area contributed by atoms with E-state index in [4.69, 9.17) is 0 Å². The SMILES string of the molecule is CN(Cc1ccc(C2CCC(=O)NC2=O)c(F)c1)C1CCN(c2ccc(Nc3ncc(C(F)(F)F)c(NCc4cccc(N(C)S(C)(=O)=O)c4)n3)cc2)CC1. The van der Waals surface area contributed by atoms with E-state index in [1.807, 2.05) is 25.2 Å². The van der Waals surface area contributed by atoms with Crippen LogP contribution in [-0.2, 0) is 38.9 Å². The molecule has 12 nitrogen and oxygen atoms in total. The van der Waals surface area contributed by atoms with Gasteiger partial charge in [0.2, 0.25) is 27.8 Å². The van der Waals surface area contributed by atoms with Crippen molar-refractivity contribution in [3.8, 4) is 0 Å². The molecule has 3 N–H and O–H groups in total. The molecule has 0 radical (unpaired) electrons. The average molecular weight is 783 g/mol. The van der Waals surface area contributed by atoms with Gasteiger partial charge in [0.15, 0.2) is 0 Å². The Labute approximate surface area is 317 Å². The van der Waals surface area contributed by atoms with Crippen LogP contribution in [0.15, 0.2) is 72.9 Å². The summed E-state index contributed by atoms with van der Waals surface area (Å²) >= 11 is 0. The molecule has 6 rings (SSSR count). The minimum Gasteiger partial charge on any atom is -0.371 e. The van der Waals surface area contributed by atoms with E-state index in [-0.39, 0.29) is 30.9 Å². The third kappa shape index (κ3) is 9.69. The van der Waals surface area contributed by atoms with Crippen LogP contribution < -0.4 is 25.2 Å². The van der Waals surface area contributed by atoms with Crippen molar-refractivity contribution in [2.24, 2.45) is 0 Å². The van der Waals surface area contributed by atoms with Gasteiger partial charge in [-0.3, -0.25) is 24.1 Å². The molecular weight excluding hydrogens is 741 g/mol. The summed E-state index contributed by atoms with van der Waals surface area (Å²) < 4.78 is 81.6. The molecule has 2 aliphatic heterocycles. The van der Waals surface area contributed by atoms with E-state index in [0.717, 1.165) is 47.7 Å². The zero-order chi connectivity index (χ0) is 39.5. The highest BCUT2D eigenvalue weighted by atomic mass is 32.2. The zero-order valence-electron chi connectivity index (χ0n) is 30.5. The summed E-state index contributed by atoms with van der Waals surface area (Å²) in [7, 11) is -0.125. The van der Waals surface area contributed by atoms with E-state index in [1.165, 1.54) is 13.1 Å². The van der Waals surface area contributed by atoms with E-state index < -0.39 is 45.2 Å². The topological polar surface area (TPSA) is 140 Å². The number of rotatable bonds is 12. The molecular formula is C38H42F4N8O4S. The van der Waals surface area contributed by atoms with Gasteiger partial charge in [-0.05, 0) is 79.9 Å². The fourth-order valence-electron chi connectivity index (χ4n) is 6.83. The maximum atomic E-state index is 15.1. The van der Waals surface area contributed by atoms with Crippen LogP contribution in [0.25, 0.3) is 0 Å². The van der Waals surface area contributed by atoms with Crippen LogP contribution in [0.5, 0.6) is 0 Å². The van der Waals surface area contributed by atoms with E-state index >= 15 is 4.39 Å². The highest BCUT2D eigenvalue weighted by Crippen LogP contribution is 2.35. The predicted molar refractivity (Wildman–Crippen MR) is 202 cm³/mol. The molecule has 2 fully saturated rings. The van der Waals surface area contributed by atoms with Gasteiger partial charge < -0.3 is 15.5 Å². The lowest BCUT2D eigenvalue weighted by molar-refractivity contribution is -0.137. The molecule has 1 atom stereocenters. The number of halogens is 4. The van der Waals surface area contributed by atoms with Gasteiger partial charge in [-0.15, -0.1) is 0 Å². The van der Waals surface area contributed by atoms with Crippen molar-refractivity contribution in [3.63, 3.8) is 0 Å². The Morgan fingerprint density at radius 1 is 0.964 bits per heavy atom. The fraction of sp³-hybridized carbons (Fsp3) is 0.368. The van der Waals surface area contributed by atoms with Crippen LogP contribution in [0.2, 0.25) is 0 Å². The molecule has 1 aromatic heterocycles. The van der Waals surface area contributed by atoms with Gasteiger partial charge in [-0.1, -0.05) is 24.3 Å². The van der Waals surface area contributed by atoms with Gasteiger partial charge in [0, 0.05) is 68.8 Å². The quantitative estimate of drug-likeness (QED) is 0.116. The number of carbonyl (C=O) groups excluding carboxylic acids is 2. The third-order valence-electron chi connectivity index (χ3n) is 10.0. The Kier molecular flexibility index (Phi) is 11.6. The lowest BCUT2D eigenvalue weighted by Gasteiger charge is -2.38. The first-order chi connectivity index (χ1) is 26.0. The fourth-order valence-corrected chi connectivity index (χ4v) is 7.33. The molecule has 55 heavy (non-hydrogen) atoms. The number of amides is 2. The number of alkyl halides is 3. The summed E-state index contributed by atoms with van der Waals surface area (Å²) in [6.45, 7) is 2.06. The summed E-state index contributed by atoms with van der Waals surface area (Å²) in [5.74, 6) is -2.39. The zero-order valence-corrected chi connectivity index (χ0v) is 31.3. The summed E-state index contributed by atoms with van der Waals surface area (Å²) in [4.78, 5) is 36.2. The lowest BCUT2D eigenvalue weighted by Crippen LogP contribution is -2.43. The largest absolute Gasteiger partial charge is 0.421 e. The first kappa shape index (κ1) is 39.4. The van der Waals surface area contributed by atoms with Gasteiger partial charge in [-0.25, -0.2) is 17.8 Å². The summed E-state index contributed by atoms with van der Waals surface area (Å²) in [6, 6.07) is 19.1. The molecule has 0 spiro atoms. The molecule has 0 bridgehead atoms. The van der Waals surface area contributed by atoms with Crippen molar-refractivity contribution in [2.45, 2.75) is 56.9 Å². The molecule has 0 aliphatic carbocycles. The molecule has 3 aromatic carbocycles. The van der Waals surface area contributed by atoms with Gasteiger partial charge >= 0.3 is 6.18 Å². The molecule has 1 unspecified atom stereocenters. The summed E-state index contributed by atoms with van der Waals surface area (Å²) in [6.07, 6.45) is -0.710. The third-order valence-corrected chi connectivity index (χ3v) is 11.2. The molecule has 17 heteroatoms. The number of sulfonamides is 1. The monoisotopic (exact) mass is 782 g/mol. The second-order valence-electron chi connectivity index (χ2n) is 13.9. The van der Waals surface area contributed by atoms with Crippen LogP contribution in [0, 0.1) is 5.82 Å². The Morgan fingerprint density at radius 3 is 2.35 bits per heavy atom. The first-order valence-corrected chi connectivity index (χ1v) is 19.5. The van der Waals surface area contributed by atoms with Crippen LogP contribution in [0.4, 0.5) is 46.4 Å². The standard InChI is InChI=1S/C38H42F4N8O4S/c1-48(23-25-7-12-30(33(39)20-25)31-13-14-34(51)46-36(31)52)27-15-17-50(18-16-27)28-10-8-26(9-11-28)45-37-44-22-32(38(40,41)42)35(47-37)43-21-24-5-4-6-29(19-24)49(2)55(3,53)54/h4-12,19-20,22,27,31H,13-18,21,23H2,1-3H3,(H,46,51,52)(H2,43,44,45,47). The van der Waals surface area contributed by atoms with Crippen LogP contribution in [-0.4, -0.2) is 74.6 Å². The lowest BCUT2D eigenvalue weighted by atomic mass is 9.89. The number of hydrogen-bond acceptors (Lipinski definition) is 10. The average Bonchev–Trinajstić information content (AvgIpc) is 3.14. The maximum absolute atomic E-state index is 15.1. The number of carbonyl (C=O) groups is 2. The van der Waals surface area contributed by atoms with Gasteiger partial charge in [0.25, 0.3) is 0 Å². The van der Waals surface area contributed by atoms with E-state index in [0.29, 0.717) is 41.7 Å². The van der Waals surface area contributed by atoms with Crippen molar-refractivity contribution in [1.29, 1.82) is 0 Å². The smallest absolute Gasteiger partial charge is 0.371 e. The predicted octanol–water partition coefficient (Wildman–Crippen LogP) is 6.01. The molecule has 0 saturated carbocycles. The summed E-state index contributed by atoms with van der Waals surface area (Å²) in [5, 5.41) is 8.00. The normalized spacial score (nSPS) is 16.9. The van der Waals surface area contributed by atoms with E-state index in [1.54, 1.807) is 42.5 Å². The van der Waals surface area contributed by atoms with Crippen LogP contribution in [0.3, 0.4) is 0 Å². The molecule has 4 aromatic rings. The maximum Gasteiger partial charge on any atom is 0.421 e.